The Morgan fingerprint density at radius 1 is 0.921 bits per heavy atom. The summed E-state index contributed by atoms with van der Waals surface area (Å²) in [6, 6.07) is 4.83. The minimum Gasteiger partial charge on any atom is -0.357 e. The van der Waals surface area contributed by atoms with E-state index in [1.807, 2.05) is 0 Å². The second-order valence-corrected chi connectivity index (χ2v) is 10.8. The first-order valence-corrected chi connectivity index (χ1v) is 13.5. The first-order chi connectivity index (χ1) is 18.0. The van der Waals surface area contributed by atoms with Crippen LogP contribution in [0.1, 0.15) is 67.2 Å². The molecule has 0 aromatic heterocycles. The SMILES string of the molecule is CNC(=O)[C@H](CCCN)NC(=O)[C@@H](NC(=O)C(CCCN1C(=O)c2ccccc2C1=O)SC(C)=O)C(C)C. The van der Waals surface area contributed by atoms with Crippen LogP contribution in [0.2, 0.25) is 0 Å². The summed E-state index contributed by atoms with van der Waals surface area (Å²) >= 11 is 0.829. The molecule has 5 N–H and O–H groups in total. The van der Waals surface area contributed by atoms with Crippen LogP contribution in [0.3, 0.4) is 0 Å². The van der Waals surface area contributed by atoms with Gasteiger partial charge in [0.15, 0.2) is 5.12 Å². The summed E-state index contributed by atoms with van der Waals surface area (Å²) < 4.78 is 0. The molecule has 5 amide bonds. The average Bonchev–Trinajstić information content (AvgIpc) is 3.12. The third kappa shape index (κ3) is 8.12. The number of nitrogens with two attached hydrogens (primary N) is 1. The number of nitrogens with one attached hydrogen (secondary N) is 3. The van der Waals surface area contributed by atoms with Crippen molar-refractivity contribution in [2.45, 2.75) is 63.8 Å². The highest BCUT2D eigenvalue weighted by Gasteiger charge is 2.35. The zero-order chi connectivity index (χ0) is 28.4. The van der Waals surface area contributed by atoms with Crippen LogP contribution in [-0.4, -0.2) is 77.0 Å². The molecule has 1 aliphatic rings. The highest BCUT2D eigenvalue weighted by molar-refractivity contribution is 8.14. The van der Waals surface area contributed by atoms with Gasteiger partial charge in [0.2, 0.25) is 17.7 Å². The topological polar surface area (TPSA) is 168 Å². The number of amides is 5. The number of carbonyl (C=O) groups is 6. The lowest BCUT2D eigenvalue weighted by molar-refractivity contribution is -0.132. The number of likely N-dealkylation sites (N-methyl/N-ethyl adjacent to an activating group) is 1. The van der Waals surface area contributed by atoms with Gasteiger partial charge >= 0.3 is 0 Å². The maximum absolute atomic E-state index is 13.2. The Kier molecular flexibility index (Phi) is 11.9. The van der Waals surface area contributed by atoms with Crippen LogP contribution in [0.25, 0.3) is 0 Å². The zero-order valence-corrected chi connectivity index (χ0v) is 23.1. The van der Waals surface area contributed by atoms with Crippen molar-refractivity contribution < 1.29 is 28.8 Å². The molecule has 1 aliphatic heterocycles. The standard InChI is InChI=1S/C26H37N5O6S/c1-15(2)21(24(35)29-19(11-7-13-27)22(33)28-4)30-23(34)20(38-16(3)32)12-8-14-31-25(36)17-9-5-6-10-18(17)26(31)37/h5-6,9-10,15,19-21H,7-8,11-14,27H2,1-4H3,(H,28,33)(H,29,35)(H,30,34)/t19-,20?,21-/m0/s1. The molecule has 0 fully saturated rings. The molecule has 0 saturated heterocycles. The number of hydrogen-bond donors (Lipinski definition) is 4. The van der Waals surface area contributed by atoms with Gasteiger partial charge in [0.1, 0.15) is 12.1 Å². The van der Waals surface area contributed by atoms with Crippen LogP contribution in [0.15, 0.2) is 24.3 Å². The highest BCUT2D eigenvalue weighted by atomic mass is 32.2. The maximum Gasteiger partial charge on any atom is 0.261 e. The fourth-order valence-corrected chi connectivity index (χ4v) is 4.99. The van der Waals surface area contributed by atoms with Gasteiger partial charge in [-0.25, -0.2) is 0 Å². The molecule has 0 radical (unpaired) electrons. The summed E-state index contributed by atoms with van der Waals surface area (Å²) in [5.74, 6) is -2.47. The van der Waals surface area contributed by atoms with E-state index in [4.69, 9.17) is 5.73 Å². The van der Waals surface area contributed by atoms with Gasteiger partial charge in [-0.2, -0.15) is 0 Å². The van der Waals surface area contributed by atoms with Crippen molar-refractivity contribution >= 4 is 46.4 Å². The van der Waals surface area contributed by atoms with Crippen molar-refractivity contribution in [1.82, 2.24) is 20.9 Å². The van der Waals surface area contributed by atoms with Crippen molar-refractivity contribution in [3.63, 3.8) is 0 Å². The van der Waals surface area contributed by atoms with Crippen molar-refractivity contribution in [3.05, 3.63) is 35.4 Å². The summed E-state index contributed by atoms with van der Waals surface area (Å²) in [6.07, 6.45) is 1.37. The fourth-order valence-electron chi connectivity index (χ4n) is 4.13. The van der Waals surface area contributed by atoms with E-state index in [0.29, 0.717) is 36.9 Å². The van der Waals surface area contributed by atoms with E-state index in [0.717, 1.165) is 16.7 Å². The number of thioether (sulfide) groups is 1. The molecule has 2 rings (SSSR count). The molecule has 1 heterocycles. The number of rotatable bonds is 14. The fraction of sp³-hybridized carbons (Fsp3) is 0.538. The Bertz CT molecular complexity index is 1030. The van der Waals surface area contributed by atoms with Crippen LogP contribution in [0, 0.1) is 5.92 Å². The van der Waals surface area contributed by atoms with Crippen LogP contribution in [0.4, 0.5) is 0 Å². The normalized spacial score (nSPS) is 15.1. The van der Waals surface area contributed by atoms with E-state index in [1.165, 1.54) is 14.0 Å². The molecule has 3 atom stereocenters. The van der Waals surface area contributed by atoms with E-state index < -0.39 is 29.1 Å². The Labute approximate surface area is 227 Å². The Balaban J connectivity index is 2.05. The summed E-state index contributed by atoms with van der Waals surface area (Å²) in [7, 11) is 1.47. The van der Waals surface area contributed by atoms with Gasteiger partial charge in [-0.3, -0.25) is 33.7 Å². The number of hydrogen-bond acceptors (Lipinski definition) is 8. The van der Waals surface area contributed by atoms with Gasteiger partial charge in [0, 0.05) is 20.5 Å². The minimum absolute atomic E-state index is 0.0949. The van der Waals surface area contributed by atoms with E-state index in [-0.39, 0.29) is 41.7 Å². The second kappa shape index (κ2) is 14.6. The van der Waals surface area contributed by atoms with E-state index in [1.54, 1.807) is 38.1 Å². The second-order valence-electron chi connectivity index (χ2n) is 9.38. The van der Waals surface area contributed by atoms with Crippen molar-refractivity contribution in [3.8, 4) is 0 Å². The third-order valence-corrected chi connectivity index (χ3v) is 7.22. The van der Waals surface area contributed by atoms with Gasteiger partial charge in [-0.05, 0) is 50.3 Å². The van der Waals surface area contributed by atoms with Crippen LogP contribution in [0.5, 0.6) is 0 Å². The Hall–Kier alpha value is -3.25. The molecule has 208 valence electrons. The highest BCUT2D eigenvalue weighted by Crippen LogP contribution is 2.24. The maximum atomic E-state index is 13.2. The van der Waals surface area contributed by atoms with Gasteiger partial charge in [-0.1, -0.05) is 37.7 Å². The molecule has 1 aromatic carbocycles. The van der Waals surface area contributed by atoms with E-state index >= 15 is 0 Å². The molecule has 38 heavy (non-hydrogen) atoms. The first-order valence-electron chi connectivity index (χ1n) is 12.7. The number of nitrogens with zero attached hydrogens (tertiary/aromatic N) is 1. The monoisotopic (exact) mass is 547 g/mol. The molecule has 1 unspecified atom stereocenters. The van der Waals surface area contributed by atoms with Gasteiger partial charge in [0.05, 0.1) is 16.4 Å². The summed E-state index contributed by atoms with van der Waals surface area (Å²) in [5, 5.41) is 6.82. The summed E-state index contributed by atoms with van der Waals surface area (Å²) in [4.78, 5) is 76.6. The lowest BCUT2D eigenvalue weighted by Crippen LogP contribution is -2.56. The summed E-state index contributed by atoms with van der Waals surface area (Å²) in [6.45, 7) is 5.31. The van der Waals surface area contributed by atoms with Crippen molar-refractivity contribution in [2.24, 2.45) is 11.7 Å². The molecule has 11 nitrogen and oxygen atoms in total. The minimum atomic E-state index is -0.946. The zero-order valence-electron chi connectivity index (χ0n) is 22.2. The largest absolute Gasteiger partial charge is 0.357 e. The number of imide groups is 1. The predicted molar refractivity (Wildman–Crippen MR) is 144 cm³/mol. The van der Waals surface area contributed by atoms with Crippen LogP contribution >= 0.6 is 11.8 Å². The number of carbonyl (C=O) groups excluding carboxylic acids is 6. The molecule has 0 bridgehead atoms. The summed E-state index contributed by atoms with van der Waals surface area (Å²) in [5.41, 5.74) is 6.23. The van der Waals surface area contributed by atoms with Crippen molar-refractivity contribution in [1.29, 1.82) is 0 Å². The third-order valence-electron chi connectivity index (χ3n) is 6.15. The van der Waals surface area contributed by atoms with E-state index in [2.05, 4.69) is 16.0 Å². The van der Waals surface area contributed by atoms with E-state index in [9.17, 15) is 28.8 Å². The van der Waals surface area contributed by atoms with Gasteiger partial charge < -0.3 is 21.7 Å². The smallest absolute Gasteiger partial charge is 0.261 e. The Morgan fingerprint density at radius 2 is 1.53 bits per heavy atom. The predicted octanol–water partition coefficient (Wildman–Crippen LogP) is 0.822. The van der Waals surface area contributed by atoms with Gasteiger partial charge in [-0.15, -0.1) is 0 Å². The molecular formula is C26H37N5O6S. The van der Waals surface area contributed by atoms with Crippen LogP contribution < -0.4 is 21.7 Å². The quantitative estimate of drug-likeness (QED) is 0.248. The molecule has 0 aliphatic carbocycles. The number of benzene rings is 1. The first kappa shape index (κ1) is 31.0. The molecular weight excluding hydrogens is 510 g/mol. The number of fused-ring (bicyclic) bond motifs is 1. The molecule has 0 saturated carbocycles. The lowest BCUT2D eigenvalue weighted by atomic mass is 10.0. The molecule has 0 spiro atoms. The average molecular weight is 548 g/mol. The molecule has 12 heteroatoms. The Morgan fingerprint density at radius 3 is 2.03 bits per heavy atom. The van der Waals surface area contributed by atoms with Gasteiger partial charge in [0.25, 0.3) is 11.8 Å². The molecule has 1 aromatic rings. The lowest BCUT2D eigenvalue weighted by Gasteiger charge is -2.26. The van der Waals surface area contributed by atoms with Crippen LogP contribution in [-0.2, 0) is 19.2 Å². The van der Waals surface area contributed by atoms with Crippen molar-refractivity contribution in [2.75, 3.05) is 20.1 Å².